The quantitative estimate of drug-likeness (QED) is 0.537. The molecule has 1 aromatic heterocycles. The van der Waals surface area contributed by atoms with Crippen LogP contribution in [-0.2, 0) is 16.0 Å². The summed E-state index contributed by atoms with van der Waals surface area (Å²) < 4.78 is 6.48. The van der Waals surface area contributed by atoms with Gasteiger partial charge in [0.25, 0.3) is 0 Å². The summed E-state index contributed by atoms with van der Waals surface area (Å²) in [6.45, 7) is 5.10. The lowest BCUT2D eigenvalue weighted by Gasteiger charge is -2.17. The zero-order chi connectivity index (χ0) is 21.8. The first-order valence-electron chi connectivity index (χ1n) is 10.8. The number of aromatic nitrogens is 1. The zero-order valence-corrected chi connectivity index (χ0v) is 18.7. The molecule has 1 atom stereocenters. The van der Waals surface area contributed by atoms with Crippen molar-refractivity contribution in [3.63, 3.8) is 0 Å². The zero-order valence-electron chi connectivity index (χ0n) is 17.9. The first kappa shape index (κ1) is 21.3. The van der Waals surface area contributed by atoms with Crippen molar-refractivity contribution in [1.82, 2.24) is 4.98 Å². The molecule has 0 spiro atoms. The third-order valence-corrected chi connectivity index (χ3v) is 6.40. The van der Waals surface area contributed by atoms with Gasteiger partial charge in [0.1, 0.15) is 5.75 Å². The number of nitrogens with zero attached hydrogens (tertiary/aromatic N) is 2. The normalized spacial score (nSPS) is 16.1. The molecule has 3 aromatic rings. The number of hydrogen-bond donors (Lipinski definition) is 1. The predicted molar refractivity (Wildman–Crippen MR) is 125 cm³/mol. The minimum atomic E-state index is -0.390. The second kappa shape index (κ2) is 9.47. The van der Waals surface area contributed by atoms with Crippen molar-refractivity contribution < 1.29 is 14.3 Å². The molecule has 1 N–H and O–H groups in total. The van der Waals surface area contributed by atoms with Crippen molar-refractivity contribution in [3.05, 3.63) is 48.0 Å². The molecule has 1 aliphatic rings. The van der Waals surface area contributed by atoms with Crippen LogP contribution in [0.5, 0.6) is 5.75 Å². The van der Waals surface area contributed by atoms with E-state index in [4.69, 9.17) is 4.74 Å². The monoisotopic (exact) mass is 437 g/mol. The maximum absolute atomic E-state index is 12.8. The van der Waals surface area contributed by atoms with Crippen LogP contribution in [-0.4, -0.2) is 29.9 Å². The molecule has 0 bridgehead atoms. The van der Waals surface area contributed by atoms with E-state index in [1.807, 2.05) is 37.3 Å². The maximum Gasteiger partial charge on any atom is 0.231 e. The molecule has 1 unspecified atom stereocenters. The van der Waals surface area contributed by atoms with E-state index in [1.54, 1.807) is 4.90 Å². The maximum atomic E-state index is 12.8. The molecular weight excluding hydrogens is 410 g/mol. The average molecular weight is 438 g/mol. The number of anilines is 2. The molecule has 2 amide bonds. The number of aryl methyl sites for hydroxylation is 1. The van der Waals surface area contributed by atoms with Gasteiger partial charge in [0.05, 0.1) is 22.7 Å². The summed E-state index contributed by atoms with van der Waals surface area (Å²) >= 11 is 1.41. The molecule has 0 aliphatic carbocycles. The minimum absolute atomic E-state index is 0.0212. The molecule has 7 heteroatoms. The number of unbranched alkanes of at least 4 members (excludes halogenated alkanes) is 1. The van der Waals surface area contributed by atoms with Gasteiger partial charge < -0.3 is 15.0 Å². The van der Waals surface area contributed by atoms with Crippen molar-refractivity contribution in [3.8, 4) is 5.75 Å². The van der Waals surface area contributed by atoms with Crippen molar-refractivity contribution in [2.24, 2.45) is 5.92 Å². The summed E-state index contributed by atoms with van der Waals surface area (Å²) in [5.74, 6) is 0.208. The Morgan fingerprint density at radius 1 is 1.23 bits per heavy atom. The van der Waals surface area contributed by atoms with Crippen LogP contribution in [0.2, 0.25) is 0 Å². The van der Waals surface area contributed by atoms with Crippen LogP contribution in [0.3, 0.4) is 0 Å². The molecule has 1 fully saturated rings. The van der Waals surface area contributed by atoms with Gasteiger partial charge in [-0.3, -0.25) is 9.59 Å². The van der Waals surface area contributed by atoms with Crippen LogP contribution in [0, 0.1) is 5.92 Å². The van der Waals surface area contributed by atoms with Crippen LogP contribution in [0.15, 0.2) is 42.5 Å². The summed E-state index contributed by atoms with van der Waals surface area (Å²) in [6.07, 6.45) is 3.57. The fourth-order valence-corrected chi connectivity index (χ4v) is 4.68. The Hall–Kier alpha value is -2.93. The van der Waals surface area contributed by atoms with Gasteiger partial charge in [0.15, 0.2) is 5.13 Å². The second-order valence-corrected chi connectivity index (χ2v) is 8.78. The topological polar surface area (TPSA) is 71.5 Å². The number of rotatable bonds is 8. The van der Waals surface area contributed by atoms with E-state index in [0.717, 1.165) is 40.9 Å². The van der Waals surface area contributed by atoms with E-state index >= 15 is 0 Å². The van der Waals surface area contributed by atoms with Crippen LogP contribution in [0.1, 0.15) is 38.7 Å². The molecule has 1 aliphatic heterocycles. The summed E-state index contributed by atoms with van der Waals surface area (Å²) in [6, 6.07) is 13.8. The first-order valence-corrected chi connectivity index (χ1v) is 11.6. The van der Waals surface area contributed by atoms with E-state index in [1.165, 1.54) is 16.9 Å². The van der Waals surface area contributed by atoms with Gasteiger partial charge in [0.2, 0.25) is 11.8 Å². The minimum Gasteiger partial charge on any atom is -0.494 e. The standard InChI is InChI=1S/C24H27N3O3S/c1-3-5-6-16-7-9-18(10-8-16)27-15-17(13-22(27)28)23(29)26-24-25-20-12-11-19(30-4-2)14-21(20)31-24/h7-12,14,17H,3-6,13,15H2,1-2H3,(H,25,26,29). The summed E-state index contributed by atoms with van der Waals surface area (Å²) in [7, 11) is 0. The third kappa shape index (κ3) is 4.88. The molecule has 4 rings (SSSR count). The van der Waals surface area contributed by atoms with Crippen molar-refractivity contribution >= 4 is 44.2 Å². The molecule has 2 aromatic carbocycles. The van der Waals surface area contributed by atoms with E-state index in [-0.39, 0.29) is 18.2 Å². The smallest absolute Gasteiger partial charge is 0.231 e. The van der Waals surface area contributed by atoms with Crippen molar-refractivity contribution in [1.29, 1.82) is 0 Å². The Labute approximate surface area is 186 Å². The summed E-state index contributed by atoms with van der Waals surface area (Å²) in [4.78, 5) is 31.6. The van der Waals surface area contributed by atoms with Gasteiger partial charge in [-0.2, -0.15) is 0 Å². The van der Waals surface area contributed by atoms with E-state index < -0.39 is 5.92 Å². The first-order chi connectivity index (χ1) is 15.1. The van der Waals surface area contributed by atoms with Crippen molar-refractivity contribution in [2.75, 3.05) is 23.4 Å². The van der Waals surface area contributed by atoms with E-state index in [9.17, 15) is 9.59 Å². The molecule has 6 nitrogen and oxygen atoms in total. The Bertz CT molecular complexity index is 1080. The number of amides is 2. The Balaban J connectivity index is 1.40. The fraction of sp³-hybridized carbons (Fsp3) is 0.375. The van der Waals surface area contributed by atoms with E-state index in [0.29, 0.717) is 18.3 Å². The van der Waals surface area contributed by atoms with E-state index in [2.05, 4.69) is 29.4 Å². The van der Waals surface area contributed by atoms with Gasteiger partial charge in [-0.25, -0.2) is 4.98 Å². The Morgan fingerprint density at radius 2 is 2.03 bits per heavy atom. The summed E-state index contributed by atoms with van der Waals surface area (Å²) in [5, 5.41) is 3.44. The number of carbonyl (C=O) groups is 2. The molecular formula is C24H27N3O3S. The Morgan fingerprint density at radius 3 is 2.77 bits per heavy atom. The number of hydrogen-bond acceptors (Lipinski definition) is 5. The number of carbonyl (C=O) groups excluding carboxylic acids is 2. The second-order valence-electron chi connectivity index (χ2n) is 7.75. The van der Waals surface area contributed by atoms with Crippen LogP contribution < -0.4 is 15.0 Å². The van der Waals surface area contributed by atoms with Gasteiger partial charge >= 0.3 is 0 Å². The van der Waals surface area contributed by atoms with Crippen LogP contribution in [0.4, 0.5) is 10.8 Å². The molecule has 31 heavy (non-hydrogen) atoms. The number of nitrogens with one attached hydrogen (secondary N) is 1. The Kier molecular flexibility index (Phi) is 6.51. The highest BCUT2D eigenvalue weighted by molar-refractivity contribution is 7.22. The average Bonchev–Trinajstić information content (AvgIpc) is 3.35. The molecule has 1 saturated heterocycles. The summed E-state index contributed by atoms with van der Waals surface area (Å²) in [5.41, 5.74) is 2.94. The lowest BCUT2D eigenvalue weighted by Crippen LogP contribution is -2.28. The number of benzene rings is 2. The van der Waals surface area contributed by atoms with Gasteiger partial charge in [-0.15, -0.1) is 0 Å². The van der Waals surface area contributed by atoms with Gasteiger partial charge in [0, 0.05) is 18.7 Å². The SMILES string of the molecule is CCCCc1ccc(N2CC(C(=O)Nc3nc4ccc(OCC)cc4s3)CC2=O)cc1. The molecule has 0 saturated carbocycles. The fourth-order valence-electron chi connectivity index (χ4n) is 3.78. The third-order valence-electron chi connectivity index (χ3n) is 5.46. The number of fused-ring (bicyclic) bond motifs is 1. The highest BCUT2D eigenvalue weighted by Crippen LogP contribution is 2.31. The highest BCUT2D eigenvalue weighted by atomic mass is 32.1. The lowest BCUT2D eigenvalue weighted by molar-refractivity contribution is -0.122. The number of ether oxygens (including phenoxy) is 1. The number of thiazole rings is 1. The van der Waals surface area contributed by atoms with Crippen LogP contribution in [0.25, 0.3) is 10.2 Å². The van der Waals surface area contributed by atoms with Gasteiger partial charge in [-0.05, 0) is 55.7 Å². The largest absolute Gasteiger partial charge is 0.494 e. The molecule has 2 heterocycles. The van der Waals surface area contributed by atoms with Crippen molar-refractivity contribution in [2.45, 2.75) is 39.5 Å². The molecule has 162 valence electrons. The highest BCUT2D eigenvalue weighted by Gasteiger charge is 2.35. The van der Waals surface area contributed by atoms with Crippen LogP contribution >= 0.6 is 11.3 Å². The predicted octanol–water partition coefficient (Wildman–Crippen LogP) is 5.03. The molecule has 0 radical (unpaired) electrons. The lowest BCUT2D eigenvalue weighted by atomic mass is 10.1. The van der Waals surface area contributed by atoms with Gasteiger partial charge in [-0.1, -0.05) is 36.8 Å².